The summed E-state index contributed by atoms with van der Waals surface area (Å²) in [6.07, 6.45) is -83.3. The van der Waals surface area contributed by atoms with Gasteiger partial charge in [-0.15, -0.1) is 0 Å². The van der Waals surface area contributed by atoms with Crippen LogP contribution in [0.2, 0.25) is 0 Å². The van der Waals surface area contributed by atoms with Gasteiger partial charge >= 0.3 is 11.9 Å². The fraction of sp³-hybridized carbons (Fsp3) is 0.946. The molecule has 3 unspecified atom stereocenters. The molecule has 29 N–H and O–H groups in total. The molecule has 1 amide bonds. The second-order valence-electron chi connectivity index (χ2n) is 25.8. The maximum atomic E-state index is 13.9. The molecule has 8 aliphatic rings. The number of carbonyl (C=O) groups excluding carboxylic acids is 1. The molecule has 8 rings (SSSR count). The summed E-state index contributed by atoms with van der Waals surface area (Å²) in [4.78, 5) is 40.7. The summed E-state index contributed by atoms with van der Waals surface area (Å²) in [5, 5.41) is 287. The molecule has 0 aliphatic carbocycles. The lowest BCUT2D eigenvalue weighted by atomic mass is 9.87. The van der Waals surface area contributed by atoms with Gasteiger partial charge in [-0.1, -0.05) is 0 Å². The van der Waals surface area contributed by atoms with Crippen molar-refractivity contribution in [1.82, 2.24) is 5.32 Å². The number of aliphatic hydroxyl groups is 24. The summed E-state index contributed by atoms with van der Waals surface area (Å²) in [6, 6.07) is -3.90. The van der Waals surface area contributed by atoms with Crippen LogP contribution in [0.4, 0.5) is 0 Å². The summed E-state index contributed by atoms with van der Waals surface area (Å²) in [7, 11) is 0.984. The standard InChI is InChI=1S/C56H94N2O45/c1-13(67)58-25-16(4-56(54(86)87,101-42(25)26(69)14(68)5-59)103-45-31(74)21(10-64)95-51(38(45)81)97-40-23(12-66)89-47(83)34(77)33(40)76)91-50-37(80)44(30(73)20(9-63)94-50)99-52-39(82)46(32(75)22(11-65)96-52)102-55(53(84)85)3-15(24(57)41(100-55)28(71)17(6-60)88-2)90-49-36(79)43(29(72)19(8-62)93-49)98-48-35(78)27(70)18(7-61)92-48/h14-52,59-66,68-83H,3-12,57H2,1-2H3,(H,58,67)(H,84,85)(H,86,87)/t14-,15+,16+,17-,18+,19-,20-,21-,22-,23-,24-,25-,26-,27+,28-,29+,30+,31+,32+,33-,34-,35-,36-,37-,38-,39-,40-,41-,42-,43+,44+,45+,46+,47-,48+,49+,50?,51+,52?,55+,56?/m1/s1. The minimum atomic E-state index is -3.53. The van der Waals surface area contributed by atoms with Gasteiger partial charge in [0.25, 0.3) is 11.6 Å². The Labute approximate surface area is 581 Å². The SMILES string of the molecule is CO[C@H](CO)[C@@H](O)[C@@H]1O[C@@](O[C@H]2[C@@H](O)[C@@H](CO)OC(O[C@H]3[C@@H](O)[C@@H](CO)OC(O[C@H]4CC(O[C@H]5[C@@H](O)[C@@H](CO)O[C@@H](O[C@H]6[C@H](O)[C@@H](O)[C@H](O)O[C@@H]6CO)[C@@H]5O)(C(=O)O)O[C@@H]([C@H](O)[C@H](O)CO)[C@@H]4NC(C)=O)[C@@H]3O)[C@@H]2O)(C(=O)O)C[C@H](O[C@H]2O[C@H](CO)[C@H](O)[C@H](O[C@@H]3O[C@@H](CO)[C@H](O)[C@H]3O)[C@H]2O)[C@H]1N. The number of carboxylic acid groups (broad SMARTS) is 2. The van der Waals surface area contributed by atoms with Gasteiger partial charge in [-0.25, -0.2) is 9.59 Å². The van der Waals surface area contributed by atoms with Gasteiger partial charge in [0.2, 0.25) is 5.91 Å². The highest BCUT2D eigenvalue weighted by molar-refractivity contribution is 5.77. The lowest BCUT2D eigenvalue weighted by molar-refractivity contribution is -0.400. The van der Waals surface area contributed by atoms with Crippen LogP contribution in [0, 0.1) is 0 Å². The molecule has 0 bridgehead atoms. The Morgan fingerprint density at radius 3 is 1.19 bits per heavy atom. The normalized spacial score (nSPS) is 48.2. The number of aliphatic hydroxyl groups excluding tert-OH is 24. The van der Waals surface area contributed by atoms with Crippen LogP contribution >= 0.6 is 0 Å². The predicted octanol–water partition coefficient (Wildman–Crippen LogP) is -18.6. The third kappa shape index (κ3) is 17.7. The number of carbonyl (C=O) groups is 3. The molecule has 0 saturated carbocycles. The third-order valence-corrected chi connectivity index (χ3v) is 19.1. The molecule has 0 aromatic carbocycles. The van der Waals surface area contributed by atoms with Gasteiger partial charge in [0.05, 0.1) is 77.1 Å². The summed E-state index contributed by atoms with van der Waals surface area (Å²) >= 11 is 0. The second-order valence-corrected chi connectivity index (χ2v) is 25.8. The van der Waals surface area contributed by atoms with E-state index in [9.17, 15) is 147 Å². The molecule has 8 fully saturated rings. The summed E-state index contributed by atoms with van der Waals surface area (Å²) in [6.45, 7) is -8.24. The number of amides is 1. The first-order valence-electron chi connectivity index (χ1n) is 32.3. The quantitative estimate of drug-likeness (QED) is 0.0318. The highest BCUT2D eigenvalue weighted by atomic mass is 16.8. The second kappa shape index (κ2) is 36.1. The van der Waals surface area contributed by atoms with Crippen molar-refractivity contribution in [3.63, 3.8) is 0 Å². The van der Waals surface area contributed by atoms with Crippen LogP contribution in [-0.4, -0.2) is 461 Å². The van der Waals surface area contributed by atoms with Crippen LogP contribution in [0.3, 0.4) is 0 Å². The van der Waals surface area contributed by atoms with Gasteiger partial charge < -0.3 is 220 Å². The van der Waals surface area contributed by atoms with Gasteiger partial charge in [-0.3, -0.25) is 4.79 Å². The van der Waals surface area contributed by atoms with Gasteiger partial charge in [-0.2, -0.15) is 0 Å². The minimum Gasteiger partial charge on any atom is -0.477 e. The average Bonchev–Trinajstić information content (AvgIpc) is 1.19. The van der Waals surface area contributed by atoms with Crippen molar-refractivity contribution in [2.24, 2.45) is 5.73 Å². The maximum Gasteiger partial charge on any atom is 0.364 e. The highest BCUT2D eigenvalue weighted by Gasteiger charge is 2.65. The zero-order chi connectivity index (χ0) is 76.3. The zero-order valence-electron chi connectivity index (χ0n) is 54.5. The smallest absolute Gasteiger partial charge is 0.364 e. The van der Waals surface area contributed by atoms with Gasteiger partial charge in [-0.05, 0) is 0 Å². The van der Waals surface area contributed by atoms with Gasteiger partial charge in [0.15, 0.2) is 37.7 Å². The number of ether oxygens (including phenoxy) is 16. The van der Waals surface area contributed by atoms with Crippen molar-refractivity contribution < 1.29 is 223 Å². The van der Waals surface area contributed by atoms with Gasteiger partial charge in [0, 0.05) is 26.9 Å². The number of aliphatic carboxylic acids is 2. The molecule has 41 atom stereocenters. The number of rotatable bonds is 30. The van der Waals surface area contributed by atoms with Crippen molar-refractivity contribution in [2.75, 3.05) is 60.0 Å². The Bertz CT molecular complexity index is 2690. The molecular weight excluding hydrogens is 1420 g/mol. The van der Waals surface area contributed by atoms with Crippen LogP contribution in [0.25, 0.3) is 0 Å². The van der Waals surface area contributed by atoms with E-state index >= 15 is 0 Å². The van der Waals surface area contributed by atoms with Crippen molar-refractivity contribution in [3.8, 4) is 0 Å². The first-order valence-corrected chi connectivity index (χ1v) is 32.3. The molecule has 47 nitrogen and oxygen atoms in total. The third-order valence-electron chi connectivity index (χ3n) is 19.1. The largest absolute Gasteiger partial charge is 0.477 e. The van der Waals surface area contributed by atoms with E-state index in [1.54, 1.807) is 0 Å². The van der Waals surface area contributed by atoms with E-state index < -0.39 is 334 Å². The van der Waals surface area contributed by atoms with E-state index in [-0.39, 0.29) is 0 Å². The Hall–Kier alpha value is -3.23. The summed E-state index contributed by atoms with van der Waals surface area (Å²) < 4.78 is 91.0. The molecule has 8 heterocycles. The van der Waals surface area contributed by atoms with E-state index in [1.165, 1.54) is 0 Å². The lowest BCUT2D eigenvalue weighted by Gasteiger charge is -2.52. The number of hydrogen-bond donors (Lipinski definition) is 28. The molecule has 47 heteroatoms. The zero-order valence-corrected chi connectivity index (χ0v) is 54.5. The molecule has 103 heavy (non-hydrogen) atoms. The van der Waals surface area contributed by atoms with Crippen molar-refractivity contribution >= 4 is 17.8 Å². The number of nitrogens with one attached hydrogen (secondary N) is 1. The van der Waals surface area contributed by atoms with Gasteiger partial charge in [0.1, 0.15) is 177 Å². The van der Waals surface area contributed by atoms with Crippen molar-refractivity contribution in [2.45, 2.75) is 270 Å². The number of hydrogen-bond acceptors (Lipinski definition) is 44. The molecular formula is C56H94N2O45. The predicted molar refractivity (Wildman–Crippen MR) is 311 cm³/mol. The number of methoxy groups -OCH3 is 1. The molecule has 0 aromatic heterocycles. The van der Waals surface area contributed by atoms with E-state index in [0.29, 0.717) is 0 Å². The Morgan fingerprint density at radius 1 is 0.437 bits per heavy atom. The Balaban J connectivity index is 1.10. The van der Waals surface area contributed by atoms with Crippen LogP contribution < -0.4 is 11.1 Å². The van der Waals surface area contributed by atoms with Crippen molar-refractivity contribution in [3.05, 3.63) is 0 Å². The molecule has 598 valence electrons. The summed E-state index contributed by atoms with van der Waals surface area (Å²) in [5.74, 6) is -12.5. The maximum absolute atomic E-state index is 13.9. The number of nitrogens with two attached hydrogens (primary N) is 1. The van der Waals surface area contributed by atoms with Crippen LogP contribution in [0.5, 0.6) is 0 Å². The van der Waals surface area contributed by atoms with Crippen LogP contribution in [-0.2, 0) is 90.2 Å². The number of carboxylic acids is 2. The van der Waals surface area contributed by atoms with E-state index in [1.807, 2.05) is 0 Å². The monoisotopic (exact) mass is 1510 g/mol. The summed E-state index contributed by atoms with van der Waals surface area (Å²) in [5.41, 5.74) is 6.58. The van der Waals surface area contributed by atoms with Crippen LogP contribution in [0.15, 0.2) is 0 Å². The Kier molecular flexibility index (Phi) is 29.9. The van der Waals surface area contributed by atoms with E-state index in [2.05, 4.69) is 5.32 Å². The lowest BCUT2D eigenvalue weighted by Crippen LogP contribution is -2.72. The topological polar surface area (TPSA) is 763 Å². The fourth-order valence-corrected chi connectivity index (χ4v) is 13.3. The Morgan fingerprint density at radius 2 is 0.806 bits per heavy atom. The average molecular weight is 1520 g/mol. The van der Waals surface area contributed by atoms with E-state index in [4.69, 9.17) is 81.5 Å². The molecule has 0 radical (unpaired) electrons. The minimum absolute atomic E-state index is 0.847. The molecule has 8 aliphatic heterocycles. The van der Waals surface area contributed by atoms with Crippen LogP contribution in [0.1, 0.15) is 19.8 Å². The highest BCUT2D eigenvalue weighted by Crippen LogP contribution is 2.44. The first kappa shape index (κ1) is 85.4. The molecule has 0 aromatic rings. The first-order chi connectivity index (χ1) is 48.6. The van der Waals surface area contributed by atoms with E-state index in [0.717, 1.165) is 14.0 Å². The van der Waals surface area contributed by atoms with Crippen molar-refractivity contribution in [1.29, 1.82) is 0 Å². The molecule has 8 saturated heterocycles. The fourth-order valence-electron chi connectivity index (χ4n) is 13.3. The molecule has 0 spiro atoms.